The number of aryl methyl sites for hydroxylation is 1. The molecular formula is C13H14ClN3O2S. The van der Waals surface area contributed by atoms with Crippen molar-refractivity contribution in [2.75, 3.05) is 7.05 Å². The maximum Gasteiger partial charge on any atom is 0.244 e. The first-order valence-corrected chi connectivity index (χ1v) is 7.72. The predicted molar refractivity (Wildman–Crippen MR) is 76.9 cm³/mol. The number of hydrogen-bond acceptors (Lipinski definition) is 4. The van der Waals surface area contributed by atoms with Crippen molar-refractivity contribution in [2.45, 2.75) is 18.4 Å². The molecule has 0 bridgehead atoms. The van der Waals surface area contributed by atoms with Crippen molar-refractivity contribution in [3.8, 4) is 0 Å². The second-order valence-corrected chi connectivity index (χ2v) is 6.78. The molecule has 0 atom stereocenters. The third kappa shape index (κ3) is 3.33. The molecule has 2 rings (SSSR count). The Morgan fingerprint density at radius 3 is 2.60 bits per heavy atom. The Balaban J connectivity index is 2.23. The fourth-order valence-electron chi connectivity index (χ4n) is 1.70. The molecule has 0 aliphatic rings. The monoisotopic (exact) mass is 311 g/mol. The van der Waals surface area contributed by atoms with Crippen molar-refractivity contribution < 1.29 is 8.42 Å². The molecule has 0 saturated heterocycles. The van der Waals surface area contributed by atoms with E-state index < -0.39 is 10.0 Å². The van der Waals surface area contributed by atoms with Crippen LogP contribution >= 0.6 is 11.6 Å². The first kappa shape index (κ1) is 14.9. The van der Waals surface area contributed by atoms with E-state index in [4.69, 9.17) is 11.6 Å². The largest absolute Gasteiger partial charge is 0.257 e. The van der Waals surface area contributed by atoms with Crippen LogP contribution in [-0.4, -0.2) is 29.7 Å². The minimum absolute atomic E-state index is 0.108. The van der Waals surface area contributed by atoms with Crippen LogP contribution in [0, 0.1) is 6.92 Å². The highest BCUT2D eigenvalue weighted by Gasteiger charge is 2.21. The van der Waals surface area contributed by atoms with Crippen molar-refractivity contribution in [1.82, 2.24) is 14.3 Å². The maximum atomic E-state index is 12.3. The van der Waals surface area contributed by atoms with Gasteiger partial charge in [0.1, 0.15) is 10.0 Å². The molecule has 2 aromatic rings. The van der Waals surface area contributed by atoms with Crippen molar-refractivity contribution in [1.29, 1.82) is 0 Å². The number of aromatic nitrogens is 2. The third-order valence-corrected chi connectivity index (χ3v) is 4.75. The first-order valence-electron chi connectivity index (χ1n) is 5.90. The summed E-state index contributed by atoms with van der Waals surface area (Å²) in [5.74, 6) is 0. The van der Waals surface area contributed by atoms with Crippen LogP contribution in [-0.2, 0) is 16.6 Å². The molecule has 0 unspecified atom stereocenters. The van der Waals surface area contributed by atoms with Gasteiger partial charge in [0, 0.05) is 18.9 Å². The molecule has 5 nitrogen and oxygen atoms in total. The second kappa shape index (κ2) is 5.87. The van der Waals surface area contributed by atoms with Crippen LogP contribution in [0.4, 0.5) is 0 Å². The topological polar surface area (TPSA) is 63.2 Å². The molecule has 0 fully saturated rings. The lowest BCUT2D eigenvalue weighted by Crippen LogP contribution is -2.27. The van der Waals surface area contributed by atoms with Crippen LogP contribution in [0.1, 0.15) is 11.4 Å². The van der Waals surface area contributed by atoms with E-state index in [1.165, 1.54) is 29.7 Å². The Bertz CT molecular complexity index is 702. The minimum atomic E-state index is -3.59. The Morgan fingerprint density at radius 2 is 2.00 bits per heavy atom. The fourth-order valence-corrected chi connectivity index (χ4v) is 2.90. The van der Waals surface area contributed by atoms with Gasteiger partial charge >= 0.3 is 0 Å². The van der Waals surface area contributed by atoms with E-state index in [1.54, 1.807) is 6.07 Å². The van der Waals surface area contributed by atoms with Gasteiger partial charge in [0.25, 0.3) is 0 Å². The summed E-state index contributed by atoms with van der Waals surface area (Å²) in [7, 11) is -2.09. The van der Waals surface area contributed by atoms with E-state index in [0.717, 1.165) is 5.69 Å². The highest BCUT2D eigenvalue weighted by Crippen LogP contribution is 2.16. The molecule has 106 valence electrons. The van der Waals surface area contributed by atoms with Gasteiger partial charge in [-0.05, 0) is 31.2 Å². The van der Waals surface area contributed by atoms with Gasteiger partial charge in [0.15, 0.2) is 0 Å². The van der Waals surface area contributed by atoms with Crippen LogP contribution in [0.2, 0.25) is 5.15 Å². The number of halogens is 1. The number of pyridine rings is 2. The second-order valence-electron chi connectivity index (χ2n) is 4.35. The zero-order valence-corrected chi connectivity index (χ0v) is 12.7. The van der Waals surface area contributed by atoms with Gasteiger partial charge in [0.2, 0.25) is 10.0 Å². The molecule has 0 N–H and O–H groups in total. The van der Waals surface area contributed by atoms with Gasteiger partial charge in [-0.1, -0.05) is 17.7 Å². The number of hydrogen-bond donors (Lipinski definition) is 0. The molecule has 7 heteroatoms. The highest BCUT2D eigenvalue weighted by molar-refractivity contribution is 7.89. The Hall–Kier alpha value is -1.50. The summed E-state index contributed by atoms with van der Waals surface area (Å²) in [6, 6.07) is 8.39. The zero-order chi connectivity index (χ0) is 14.8. The number of rotatable bonds is 4. The normalized spacial score (nSPS) is 11.8. The molecule has 20 heavy (non-hydrogen) atoms. The van der Waals surface area contributed by atoms with E-state index >= 15 is 0 Å². The summed E-state index contributed by atoms with van der Waals surface area (Å²) < 4.78 is 25.9. The molecular weight excluding hydrogens is 298 g/mol. The van der Waals surface area contributed by atoms with E-state index in [-0.39, 0.29) is 16.6 Å². The van der Waals surface area contributed by atoms with Crippen LogP contribution in [0.3, 0.4) is 0 Å². The molecule has 0 radical (unpaired) electrons. The smallest absolute Gasteiger partial charge is 0.244 e. The van der Waals surface area contributed by atoms with Crippen molar-refractivity contribution in [2.24, 2.45) is 0 Å². The first-order chi connectivity index (χ1) is 9.39. The lowest BCUT2D eigenvalue weighted by atomic mass is 10.3. The van der Waals surface area contributed by atoms with Crippen LogP contribution in [0.15, 0.2) is 41.4 Å². The summed E-state index contributed by atoms with van der Waals surface area (Å²) in [5, 5.41) is 0.256. The predicted octanol–water partition coefficient (Wildman–Crippen LogP) is 2.26. The van der Waals surface area contributed by atoms with Crippen LogP contribution in [0.5, 0.6) is 0 Å². The summed E-state index contributed by atoms with van der Waals surface area (Å²) in [4.78, 5) is 8.19. The lowest BCUT2D eigenvalue weighted by Gasteiger charge is -2.16. The fraction of sp³-hybridized carbons (Fsp3) is 0.231. The molecule has 0 aromatic carbocycles. The van der Waals surface area contributed by atoms with Gasteiger partial charge in [-0.25, -0.2) is 13.4 Å². The zero-order valence-electron chi connectivity index (χ0n) is 11.1. The van der Waals surface area contributed by atoms with E-state index in [0.29, 0.717) is 5.69 Å². The Labute approximate surface area is 123 Å². The number of nitrogens with zero attached hydrogens (tertiary/aromatic N) is 3. The van der Waals surface area contributed by atoms with E-state index in [1.807, 2.05) is 19.1 Å². The lowest BCUT2D eigenvalue weighted by molar-refractivity contribution is 0.461. The van der Waals surface area contributed by atoms with Crippen molar-refractivity contribution in [3.05, 3.63) is 53.1 Å². The Kier molecular flexibility index (Phi) is 4.37. The number of sulfonamides is 1. The SMILES string of the molecule is Cc1cccc(CN(C)S(=O)(=O)c2ccc(Cl)nc2)n1. The Morgan fingerprint density at radius 1 is 1.25 bits per heavy atom. The van der Waals surface area contributed by atoms with E-state index in [9.17, 15) is 8.42 Å². The summed E-state index contributed by atoms with van der Waals surface area (Å²) in [6.45, 7) is 2.06. The van der Waals surface area contributed by atoms with Gasteiger partial charge in [0.05, 0.1) is 12.2 Å². The van der Waals surface area contributed by atoms with E-state index in [2.05, 4.69) is 9.97 Å². The van der Waals surface area contributed by atoms with Gasteiger partial charge in [-0.15, -0.1) is 0 Å². The average molecular weight is 312 g/mol. The van der Waals surface area contributed by atoms with Crippen molar-refractivity contribution in [3.63, 3.8) is 0 Å². The summed E-state index contributed by atoms with van der Waals surface area (Å²) >= 11 is 5.66. The third-order valence-electron chi connectivity index (χ3n) is 2.74. The van der Waals surface area contributed by atoms with Gasteiger partial charge in [-0.3, -0.25) is 4.98 Å². The summed E-state index contributed by atoms with van der Waals surface area (Å²) in [6.07, 6.45) is 1.25. The molecule has 0 aliphatic heterocycles. The van der Waals surface area contributed by atoms with Gasteiger partial charge in [-0.2, -0.15) is 4.31 Å². The minimum Gasteiger partial charge on any atom is -0.257 e. The summed E-state index contributed by atoms with van der Waals surface area (Å²) in [5.41, 5.74) is 1.54. The quantitative estimate of drug-likeness (QED) is 0.813. The standard InChI is InChI=1S/C13H14ClN3O2S/c1-10-4-3-5-11(16-10)9-17(2)20(18,19)12-6-7-13(14)15-8-12/h3-8H,9H2,1-2H3. The molecule has 0 saturated carbocycles. The molecule has 0 aliphatic carbocycles. The van der Waals surface area contributed by atoms with Crippen LogP contribution in [0.25, 0.3) is 0 Å². The average Bonchev–Trinajstić information content (AvgIpc) is 2.39. The highest BCUT2D eigenvalue weighted by atomic mass is 35.5. The maximum absolute atomic E-state index is 12.3. The van der Waals surface area contributed by atoms with Crippen LogP contribution < -0.4 is 0 Å². The molecule has 0 spiro atoms. The molecule has 2 aromatic heterocycles. The van der Waals surface area contributed by atoms with Gasteiger partial charge < -0.3 is 0 Å². The molecule has 2 heterocycles. The molecule has 0 amide bonds. The van der Waals surface area contributed by atoms with Crippen molar-refractivity contribution >= 4 is 21.6 Å².